The summed E-state index contributed by atoms with van der Waals surface area (Å²) >= 11 is 0. The molecule has 0 fully saturated rings. The van der Waals surface area contributed by atoms with E-state index in [2.05, 4.69) is 25.1 Å². The second-order valence-corrected chi connectivity index (χ2v) is 3.07. The lowest BCUT2D eigenvalue weighted by Crippen LogP contribution is -2.09. The number of rotatable bonds is 2. The van der Waals surface area contributed by atoms with Gasteiger partial charge < -0.3 is 5.73 Å². The van der Waals surface area contributed by atoms with Gasteiger partial charge in [0.1, 0.15) is 0 Å². The SMILES string of the molecule is Cc1ccccc1/C=C/[C@@H](C)N. The number of hydrogen-bond donors (Lipinski definition) is 1. The molecule has 1 aromatic carbocycles. The van der Waals surface area contributed by atoms with Crippen molar-refractivity contribution in [1.82, 2.24) is 0 Å². The van der Waals surface area contributed by atoms with Gasteiger partial charge in [-0.25, -0.2) is 0 Å². The van der Waals surface area contributed by atoms with E-state index >= 15 is 0 Å². The van der Waals surface area contributed by atoms with Crippen molar-refractivity contribution in [1.29, 1.82) is 0 Å². The van der Waals surface area contributed by atoms with E-state index in [4.69, 9.17) is 5.73 Å². The number of benzene rings is 1. The molecule has 0 saturated carbocycles. The Morgan fingerprint density at radius 2 is 2.00 bits per heavy atom. The first-order chi connectivity index (χ1) is 5.70. The summed E-state index contributed by atoms with van der Waals surface area (Å²) in [4.78, 5) is 0. The van der Waals surface area contributed by atoms with Gasteiger partial charge in [0, 0.05) is 6.04 Å². The van der Waals surface area contributed by atoms with Crippen LogP contribution in [-0.2, 0) is 0 Å². The minimum atomic E-state index is 0.129. The monoisotopic (exact) mass is 161 g/mol. The molecule has 64 valence electrons. The van der Waals surface area contributed by atoms with E-state index in [-0.39, 0.29) is 6.04 Å². The zero-order valence-corrected chi connectivity index (χ0v) is 7.62. The molecule has 0 spiro atoms. The summed E-state index contributed by atoms with van der Waals surface area (Å²) in [6, 6.07) is 8.39. The van der Waals surface area contributed by atoms with Crippen LogP contribution in [0.5, 0.6) is 0 Å². The van der Waals surface area contributed by atoms with Crippen LogP contribution in [0.2, 0.25) is 0 Å². The molecule has 1 rings (SSSR count). The minimum Gasteiger partial charge on any atom is -0.325 e. The first-order valence-corrected chi connectivity index (χ1v) is 4.19. The maximum absolute atomic E-state index is 5.60. The van der Waals surface area contributed by atoms with Crippen LogP contribution in [0.25, 0.3) is 6.08 Å². The Morgan fingerprint density at radius 1 is 1.33 bits per heavy atom. The highest BCUT2D eigenvalue weighted by molar-refractivity contribution is 5.53. The predicted molar refractivity (Wildman–Crippen MR) is 53.9 cm³/mol. The van der Waals surface area contributed by atoms with Gasteiger partial charge in [0.05, 0.1) is 0 Å². The first-order valence-electron chi connectivity index (χ1n) is 4.19. The van der Waals surface area contributed by atoms with Crippen molar-refractivity contribution >= 4 is 6.08 Å². The fraction of sp³-hybridized carbons (Fsp3) is 0.273. The molecule has 0 unspecified atom stereocenters. The lowest BCUT2D eigenvalue weighted by Gasteiger charge is -1.99. The molecule has 0 aliphatic carbocycles. The van der Waals surface area contributed by atoms with Gasteiger partial charge in [0.2, 0.25) is 0 Å². The molecule has 0 aromatic heterocycles. The van der Waals surface area contributed by atoms with Crippen molar-refractivity contribution in [3.8, 4) is 0 Å². The van der Waals surface area contributed by atoms with Crippen LogP contribution >= 0.6 is 0 Å². The molecule has 0 saturated heterocycles. The summed E-state index contributed by atoms with van der Waals surface area (Å²) in [5.41, 5.74) is 8.14. The third kappa shape index (κ3) is 2.51. The van der Waals surface area contributed by atoms with Crippen LogP contribution in [0.1, 0.15) is 18.1 Å². The van der Waals surface area contributed by atoms with Crippen LogP contribution in [0, 0.1) is 6.92 Å². The standard InChI is InChI=1S/C11H15N/c1-9-5-3-4-6-11(9)8-7-10(2)12/h3-8,10H,12H2,1-2H3/b8-7+/t10-/m1/s1. The van der Waals surface area contributed by atoms with E-state index in [0.717, 1.165) is 0 Å². The molecule has 0 aliphatic heterocycles. The van der Waals surface area contributed by atoms with Gasteiger partial charge in [-0.1, -0.05) is 36.4 Å². The van der Waals surface area contributed by atoms with E-state index in [1.54, 1.807) is 0 Å². The number of aryl methyl sites for hydroxylation is 1. The number of hydrogen-bond acceptors (Lipinski definition) is 1. The Balaban J connectivity index is 2.82. The maximum Gasteiger partial charge on any atom is 0.0198 e. The Bertz CT molecular complexity index is 274. The average molecular weight is 161 g/mol. The summed E-state index contributed by atoms with van der Waals surface area (Å²) < 4.78 is 0. The highest BCUT2D eigenvalue weighted by Crippen LogP contribution is 2.08. The maximum atomic E-state index is 5.60. The second-order valence-electron chi connectivity index (χ2n) is 3.07. The van der Waals surface area contributed by atoms with Gasteiger partial charge in [-0.3, -0.25) is 0 Å². The molecular formula is C11H15N. The molecular weight excluding hydrogens is 146 g/mol. The minimum absolute atomic E-state index is 0.129. The summed E-state index contributed by atoms with van der Waals surface area (Å²) in [7, 11) is 0. The smallest absolute Gasteiger partial charge is 0.0198 e. The van der Waals surface area contributed by atoms with Gasteiger partial charge in [-0.05, 0) is 25.0 Å². The second kappa shape index (κ2) is 4.07. The van der Waals surface area contributed by atoms with Crippen LogP contribution in [0.4, 0.5) is 0 Å². The molecule has 1 atom stereocenters. The Hall–Kier alpha value is -1.08. The molecule has 12 heavy (non-hydrogen) atoms. The summed E-state index contributed by atoms with van der Waals surface area (Å²) in [5, 5.41) is 0. The van der Waals surface area contributed by atoms with E-state index in [1.165, 1.54) is 11.1 Å². The molecule has 0 heterocycles. The van der Waals surface area contributed by atoms with Crippen LogP contribution in [0.15, 0.2) is 30.3 Å². The van der Waals surface area contributed by atoms with Crippen molar-refractivity contribution < 1.29 is 0 Å². The summed E-state index contributed by atoms with van der Waals surface area (Å²) in [6.07, 6.45) is 4.07. The molecule has 0 radical (unpaired) electrons. The van der Waals surface area contributed by atoms with E-state index in [9.17, 15) is 0 Å². The zero-order chi connectivity index (χ0) is 8.97. The Morgan fingerprint density at radius 3 is 2.58 bits per heavy atom. The van der Waals surface area contributed by atoms with Crippen LogP contribution in [0.3, 0.4) is 0 Å². The molecule has 1 heteroatoms. The fourth-order valence-electron chi connectivity index (χ4n) is 1.03. The molecule has 0 amide bonds. The van der Waals surface area contributed by atoms with Gasteiger partial charge in [0.25, 0.3) is 0 Å². The normalized spacial score (nSPS) is 13.6. The van der Waals surface area contributed by atoms with E-state index in [0.29, 0.717) is 0 Å². The Labute approximate surface area is 73.9 Å². The molecule has 2 N–H and O–H groups in total. The highest BCUT2D eigenvalue weighted by Gasteiger charge is 1.90. The van der Waals surface area contributed by atoms with E-state index < -0.39 is 0 Å². The van der Waals surface area contributed by atoms with Gasteiger partial charge >= 0.3 is 0 Å². The lowest BCUT2D eigenvalue weighted by molar-refractivity contribution is 0.930. The molecule has 0 bridgehead atoms. The third-order valence-corrected chi connectivity index (χ3v) is 1.77. The highest BCUT2D eigenvalue weighted by atomic mass is 14.6. The predicted octanol–water partition coefficient (Wildman–Crippen LogP) is 2.36. The zero-order valence-electron chi connectivity index (χ0n) is 7.62. The molecule has 1 nitrogen and oxygen atoms in total. The van der Waals surface area contributed by atoms with Crippen LogP contribution in [-0.4, -0.2) is 6.04 Å². The topological polar surface area (TPSA) is 26.0 Å². The fourth-order valence-corrected chi connectivity index (χ4v) is 1.03. The largest absolute Gasteiger partial charge is 0.325 e. The van der Waals surface area contributed by atoms with E-state index in [1.807, 2.05) is 25.1 Å². The Kier molecular flexibility index (Phi) is 3.06. The summed E-state index contributed by atoms with van der Waals surface area (Å²) in [6.45, 7) is 4.07. The van der Waals surface area contributed by atoms with Crippen LogP contribution < -0.4 is 5.73 Å². The quantitative estimate of drug-likeness (QED) is 0.708. The number of nitrogens with two attached hydrogens (primary N) is 1. The van der Waals surface area contributed by atoms with Crippen molar-refractivity contribution in [2.24, 2.45) is 5.73 Å². The van der Waals surface area contributed by atoms with Gasteiger partial charge in [-0.2, -0.15) is 0 Å². The average Bonchev–Trinajstić information content (AvgIpc) is 2.03. The first kappa shape index (κ1) is 9.01. The van der Waals surface area contributed by atoms with Crippen molar-refractivity contribution in [2.45, 2.75) is 19.9 Å². The molecule has 0 aliphatic rings. The lowest BCUT2D eigenvalue weighted by atomic mass is 10.1. The van der Waals surface area contributed by atoms with Gasteiger partial charge in [0.15, 0.2) is 0 Å². The van der Waals surface area contributed by atoms with Crippen molar-refractivity contribution in [3.05, 3.63) is 41.5 Å². The van der Waals surface area contributed by atoms with Gasteiger partial charge in [-0.15, -0.1) is 0 Å². The third-order valence-electron chi connectivity index (χ3n) is 1.77. The summed E-state index contributed by atoms with van der Waals surface area (Å²) in [5.74, 6) is 0. The van der Waals surface area contributed by atoms with Crippen molar-refractivity contribution in [3.63, 3.8) is 0 Å². The molecule has 1 aromatic rings. The van der Waals surface area contributed by atoms with Crippen molar-refractivity contribution in [2.75, 3.05) is 0 Å².